The van der Waals surface area contributed by atoms with Crippen molar-refractivity contribution in [3.05, 3.63) is 59.7 Å². The van der Waals surface area contributed by atoms with Crippen LogP contribution in [-0.4, -0.2) is 31.3 Å². The Morgan fingerprint density at radius 2 is 1.78 bits per heavy atom. The van der Waals surface area contributed by atoms with E-state index >= 15 is 0 Å². The largest absolute Gasteiger partial charge is 0.678 e. The fraction of sp³-hybridized carbons (Fsp3) is 0.312. The molecule has 7 heteroatoms. The third kappa shape index (κ3) is 6.21. The summed E-state index contributed by atoms with van der Waals surface area (Å²) in [5, 5.41) is 4.71. The van der Waals surface area contributed by atoms with Crippen LogP contribution in [0.5, 0.6) is 0 Å². The molecule has 2 heterocycles. The molecule has 0 amide bonds. The number of hydrogen-bond acceptors (Lipinski definition) is 3. The van der Waals surface area contributed by atoms with E-state index in [0.717, 1.165) is 37.7 Å². The average molecular weight is 395 g/mol. The Hall–Kier alpha value is -0.971. The number of pyridine rings is 1. The summed E-state index contributed by atoms with van der Waals surface area (Å²) in [4.78, 5) is 6.64. The first-order valence-corrected chi connectivity index (χ1v) is 10.2. The van der Waals surface area contributed by atoms with Gasteiger partial charge in [-0.15, -0.1) is 5.69 Å². The van der Waals surface area contributed by atoms with Gasteiger partial charge in [-0.3, -0.25) is 4.98 Å². The summed E-state index contributed by atoms with van der Waals surface area (Å²) in [5.41, 5.74) is 3.20. The molecule has 1 fully saturated rings. The van der Waals surface area contributed by atoms with Crippen molar-refractivity contribution in [1.29, 1.82) is 0 Å². The number of hydrogen-bond donors (Lipinski definition) is 0. The Balaban J connectivity index is 0.000000595. The molecule has 23 heavy (non-hydrogen) atoms. The molecule has 0 bridgehead atoms. The molecule has 0 spiro atoms. The van der Waals surface area contributed by atoms with Crippen molar-refractivity contribution >= 4 is 31.6 Å². The predicted octanol–water partition coefficient (Wildman–Crippen LogP) is 4.50. The van der Waals surface area contributed by atoms with Crippen molar-refractivity contribution in [3.63, 3.8) is 0 Å². The van der Waals surface area contributed by atoms with Gasteiger partial charge in [-0.25, -0.2) is 0 Å². The minimum Gasteiger partial charge on any atom is -0.678 e. The monoisotopic (exact) mass is 394 g/mol. The molecule has 1 saturated heterocycles. The van der Waals surface area contributed by atoms with Crippen LogP contribution >= 0.6 is 20.2 Å². The minimum atomic E-state index is 0.194. The molecular weight excluding hydrogens is 377 g/mol. The second-order valence-corrected chi connectivity index (χ2v) is 6.60. The van der Waals surface area contributed by atoms with Gasteiger partial charge in [-0.1, -0.05) is 30.8 Å². The summed E-state index contributed by atoms with van der Waals surface area (Å²) >= 11 is 0.194. The predicted molar refractivity (Wildman–Crippen MR) is 92.1 cm³/mol. The molecule has 126 valence electrons. The molecule has 0 radical (unpaired) electrons. The Morgan fingerprint density at radius 1 is 1.09 bits per heavy atom. The van der Waals surface area contributed by atoms with E-state index in [1.807, 2.05) is 24.3 Å². The van der Waals surface area contributed by atoms with Crippen molar-refractivity contribution in [3.8, 4) is 0 Å². The first-order chi connectivity index (χ1) is 11.3. The van der Waals surface area contributed by atoms with E-state index in [4.69, 9.17) is 30.2 Å². The molecule has 0 N–H and O–H groups in total. The van der Waals surface area contributed by atoms with Crippen molar-refractivity contribution in [2.75, 3.05) is 31.2 Å². The Bertz CT molecular complexity index is 568. The van der Waals surface area contributed by atoms with E-state index in [2.05, 4.69) is 28.1 Å². The molecule has 0 unspecified atom stereocenters. The van der Waals surface area contributed by atoms with Crippen LogP contribution in [0.4, 0.5) is 11.4 Å². The molecule has 1 aromatic heterocycles. The first-order valence-electron chi connectivity index (χ1n) is 7.19. The molecule has 0 saturated carbocycles. The van der Waals surface area contributed by atoms with E-state index in [0.29, 0.717) is 6.54 Å². The molecule has 1 aromatic carbocycles. The summed E-state index contributed by atoms with van der Waals surface area (Å²) in [6, 6.07) is 14.2. The minimum absolute atomic E-state index is 0.194. The summed E-state index contributed by atoms with van der Waals surface area (Å²) in [5.74, 6) is 0. The maximum absolute atomic E-state index is 5.41. The van der Waals surface area contributed by atoms with E-state index in [1.54, 1.807) is 6.20 Å². The van der Waals surface area contributed by atoms with Crippen molar-refractivity contribution < 1.29 is 17.9 Å². The van der Waals surface area contributed by atoms with Gasteiger partial charge in [-0.2, -0.15) is 0 Å². The fourth-order valence-electron chi connectivity index (χ4n) is 2.33. The standard InChI is InChI=1S/C16H18N3O.2ClH.Fe/c1-2-7-16(19-9-11-20-12-10-19)15(6-1)18-13-14-5-3-4-8-17-14;;;/h1-8H,9-13H2;2*1H;/q-1;;;+2/p-2. The topological polar surface area (TPSA) is 39.5 Å². The number of ether oxygens (including phenoxy) is 1. The van der Waals surface area contributed by atoms with Crippen LogP contribution in [-0.2, 0) is 24.4 Å². The van der Waals surface area contributed by atoms with Crippen LogP contribution in [0.2, 0.25) is 0 Å². The van der Waals surface area contributed by atoms with Crippen LogP contribution in [0, 0.1) is 0 Å². The third-order valence-corrected chi connectivity index (χ3v) is 3.37. The maximum atomic E-state index is 5.41. The molecule has 2 aromatic rings. The van der Waals surface area contributed by atoms with E-state index in [9.17, 15) is 0 Å². The van der Waals surface area contributed by atoms with E-state index in [-0.39, 0.29) is 13.1 Å². The van der Waals surface area contributed by atoms with Gasteiger partial charge in [0.15, 0.2) is 0 Å². The first kappa shape index (κ1) is 18.4. The quantitative estimate of drug-likeness (QED) is 0.716. The molecular formula is C16H18Cl2FeN3O-. The number of rotatable bonds is 4. The Labute approximate surface area is 151 Å². The van der Waals surface area contributed by atoms with Gasteiger partial charge in [0, 0.05) is 30.7 Å². The van der Waals surface area contributed by atoms with Gasteiger partial charge in [0.25, 0.3) is 0 Å². The van der Waals surface area contributed by atoms with Crippen molar-refractivity contribution in [1.82, 2.24) is 4.98 Å². The van der Waals surface area contributed by atoms with E-state index in [1.165, 1.54) is 5.69 Å². The summed E-state index contributed by atoms with van der Waals surface area (Å²) in [7, 11) is 9.53. The zero-order valence-corrected chi connectivity index (χ0v) is 15.1. The number of anilines is 1. The zero-order valence-electron chi connectivity index (χ0n) is 12.5. The Kier molecular flexibility index (Phi) is 8.58. The second kappa shape index (κ2) is 10.7. The molecule has 0 atom stereocenters. The molecule has 0 aliphatic carbocycles. The molecule has 1 aliphatic heterocycles. The van der Waals surface area contributed by atoms with Gasteiger partial charge in [-0.05, 0) is 18.2 Å². The Morgan fingerprint density at radius 3 is 2.48 bits per heavy atom. The molecule has 3 rings (SSSR count). The number of benzene rings is 1. The average Bonchev–Trinajstić information content (AvgIpc) is 2.63. The summed E-state index contributed by atoms with van der Waals surface area (Å²) < 4.78 is 5.41. The van der Waals surface area contributed by atoms with Gasteiger partial charge < -0.3 is 15.0 Å². The smallest absolute Gasteiger partial charge is 0.0642 e. The number of para-hydroxylation sites is 2. The van der Waals surface area contributed by atoms with Crippen LogP contribution < -0.4 is 4.90 Å². The normalized spacial score (nSPS) is 14.1. The molecule has 4 nitrogen and oxygen atoms in total. The number of halogens is 2. The van der Waals surface area contributed by atoms with Crippen molar-refractivity contribution in [2.45, 2.75) is 6.54 Å². The SMILES string of the molecule is [Cl][Fe][Cl].c1ccc(C[N-]c2ccccc2N2CCOCC2)nc1. The van der Waals surface area contributed by atoms with Gasteiger partial charge >= 0.3 is 33.3 Å². The van der Waals surface area contributed by atoms with Gasteiger partial charge in [0.05, 0.1) is 13.2 Å². The van der Waals surface area contributed by atoms with Crippen LogP contribution in [0.15, 0.2) is 48.7 Å². The number of morpholine rings is 1. The van der Waals surface area contributed by atoms with Crippen LogP contribution in [0.3, 0.4) is 0 Å². The maximum Gasteiger partial charge on any atom is 0.0642 e. The zero-order chi connectivity index (χ0) is 16.3. The van der Waals surface area contributed by atoms with Gasteiger partial charge in [0.2, 0.25) is 0 Å². The van der Waals surface area contributed by atoms with E-state index < -0.39 is 0 Å². The summed E-state index contributed by atoms with van der Waals surface area (Å²) in [6.07, 6.45) is 1.80. The van der Waals surface area contributed by atoms with Gasteiger partial charge in [0.1, 0.15) is 0 Å². The van der Waals surface area contributed by atoms with Crippen molar-refractivity contribution in [2.24, 2.45) is 0 Å². The summed E-state index contributed by atoms with van der Waals surface area (Å²) in [6.45, 7) is 4.04. The molecule has 1 aliphatic rings. The van der Waals surface area contributed by atoms with Crippen LogP contribution in [0.25, 0.3) is 5.32 Å². The van der Waals surface area contributed by atoms with Crippen LogP contribution in [0.1, 0.15) is 5.69 Å². The second-order valence-electron chi connectivity index (χ2n) is 4.78. The third-order valence-electron chi connectivity index (χ3n) is 3.37. The fourth-order valence-corrected chi connectivity index (χ4v) is 2.33. The number of aromatic nitrogens is 1. The number of nitrogens with zero attached hydrogens (tertiary/aromatic N) is 3.